The van der Waals surface area contributed by atoms with E-state index >= 15 is 0 Å². The summed E-state index contributed by atoms with van der Waals surface area (Å²) in [6.45, 7) is 5.89. The van der Waals surface area contributed by atoms with E-state index in [2.05, 4.69) is 9.97 Å². The molecule has 0 bridgehead atoms. The first kappa shape index (κ1) is 17.1. The number of aromatic amines is 1. The minimum Gasteiger partial charge on any atom is -0.358 e. The molecule has 2 aromatic heterocycles. The summed E-state index contributed by atoms with van der Waals surface area (Å²) in [6, 6.07) is 7.75. The van der Waals surface area contributed by atoms with Crippen molar-refractivity contribution in [2.75, 3.05) is 11.4 Å². The van der Waals surface area contributed by atoms with Crippen molar-refractivity contribution in [2.45, 2.75) is 20.8 Å². The molecule has 3 aromatic rings. The quantitative estimate of drug-likeness (QED) is 0.552. The van der Waals surface area contributed by atoms with Crippen LogP contribution < -0.4 is 4.90 Å². The van der Waals surface area contributed by atoms with E-state index < -0.39 is 0 Å². The molecule has 0 spiro atoms. The Bertz CT molecular complexity index is 968. The number of rotatable bonds is 5. The Morgan fingerprint density at radius 2 is 2.08 bits per heavy atom. The molecule has 0 aliphatic heterocycles. The molecule has 1 N–H and O–H groups in total. The molecule has 25 heavy (non-hydrogen) atoms. The number of anilines is 1. The third-order valence-corrected chi connectivity index (χ3v) is 4.86. The number of thiazole rings is 1. The van der Waals surface area contributed by atoms with Crippen LogP contribution >= 0.6 is 11.3 Å². The SMILES string of the molecule is CCN(C(C)=O)c1nc(/C=C/C(=O)c2c(C)[nH]c3ccccc23)cs1. The number of nitrogens with zero attached hydrogens (tertiary/aromatic N) is 2. The number of allylic oxidation sites excluding steroid dienone is 1. The van der Waals surface area contributed by atoms with Crippen molar-refractivity contribution in [3.8, 4) is 0 Å². The molecule has 0 saturated carbocycles. The van der Waals surface area contributed by atoms with Crippen molar-refractivity contribution in [3.63, 3.8) is 0 Å². The lowest BCUT2D eigenvalue weighted by molar-refractivity contribution is -0.116. The predicted molar refractivity (Wildman–Crippen MR) is 102 cm³/mol. The molecule has 5 nitrogen and oxygen atoms in total. The van der Waals surface area contributed by atoms with Gasteiger partial charge in [0.2, 0.25) is 5.91 Å². The summed E-state index contributed by atoms with van der Waals surface area (Å²) >= 11 is 1.39. The zero-order valence-electron chi connectivity index (χ0n) is 14.4. The van der Waals surface area contributed by atoms with Crippen LogP contribution in [-0.4, -0.2) is 28.2 Å². The highest BCUT2D eigenvalue weighted by molar-refractivity contribution is 7.14. The van der Waals surface area contributed by atoms with Crippen molar-refractivity contribution < 1.29 is 9.59 Å². The van der Waals surface area contributed by atoms with Crippen molar-refractivity contribution in [1.29, 1.82) is 0 Å². The van der Waals surface area contributed by atoms with Crippen LogP contribution in [0.2, 0.25) is 0 Å². The van der Waals surface area contributed by atoms with E-state index in [1.807, 2.05) is 43.5 Å². The Morgan fingerprint density at radius 1 is 1.32 bits per heavy atom. The van der Waals surface area contributed by atoms with E-state index in [4.69, 9.17) is 0 Å². The van der Waals surface area contributed by atoms with Gasteiger partial charge in [0, 0.05) is 35.4 Å². The van der Waals surface area contributed by atoms with E-state index in [1.54, 1.807) is 11.0 Å². The van der Waals surface area contributed by atoms with Crippen molar-refractivity contribution in [1.82, 2.24) is 9.97 Å². The first-order valence-corrected chi connectivity index (χ1v) is 8.92. The van der Waals surface area contributed by atoms with Gasteiger partial charge >= 0.3 is 0 Å². The van der Waals surface area contributed by atoms with Gasteiger partial charge in [0.15, 0.2) is 10.9 Å². The summed E-state index contributed by atoms with van der Waals surface area (Å²) in [6.07, 6.45) is 3.23. The van der Waals surface area contributed by atoms with Crippen LogP contribution in [0.15, 0.2) is 35.7 Å². The van der Waals surface area contributed by atoms with E-state index in [0.29, 0.717) is 22.9 Å². The molecular weight excluding hydrogens is 334 g/mol. The second-order valence-corrected chi connectivity index (χ2v) is 6.52. The Kier molecular flexibility index (Phi) is 4.81. The summed E-state index contributed by atoms with van der Waals surface area (Å²) < 4.78 is 0. The van der Waals surface area contributed by atoms with Gasteiger partial charge in [0.05, 0.1) is 11.3 Å². The van der Waals surface area contributed by atoms with Crippen molar-refractivity contribution in [2.24, 2.45) is 0 Å². The highest BCUT2D eigenvalue weighted by atomic mass is 32.1. The lowest BCUT2D eigenvalue weighted by Gasteiger charge is -2.14. The summed E-state index contributed by atoms with van der Waals surface area (Å²) in [4.78, 5) is 33.5. The molecular formula is C19H19N3O2S. The van der Waals surface area contributed by atoms with Gasteiger partial charge in [0.25, 0.3) is 0 Å². The van der Waals surface area contributed by atoms with Gasteiger partial charge in [-0.1, -0.05) is 18.2 Å². The fraction of sp³-hybridized carbons (Fsp3) is 0.211. The zero-order chi connectivity index (χ0) is 18.0. The fourth-order valence-corrected chi connectivity index (χ4v) is 3.71. The van der Waals surface area contributed by atoms with Crippen LogP contribution in [0.3, 0.4) is 0 Å². The smallest absolute Gasteiger partial charge is 0.225 e. The average Bonchev–Trinajstić information content (AvgIpc) is 3.16. The number of amides is 1. The molecule has 0 fully saturated rings. The molecule has 1 amide bonds. The van der Waals surface area contributed by atoms with Gasteiger partial charge in [-0.3, -0.25) is 14.5 Å². The van der Waals surface area contributed by atoms with E-state index in [1.165, 1.54) is 24.3 Å². The number of nitrogens with one attached hydrogen (secondary N) is 1. The average molecular weight is 353 g/mol. The maximum atomic E-state index is 12.6. The van der Waals surface area contributed by atoms with Gasteiger partial charge in [-0.15, -0.1) is 11.3 Å². The number of hydrogen-bond acceptors (Lipinski definition) is 4. The van der Waals surface area contributed by atoms with Gasteiger partial charge < -0.3 is 4.98 Å². The normalized spacial score (nSPS) is 11.3. The molecule has 3 rings (SSSR count). The van der Waals surface area contributed by atoms with Gasteiger partial charge in [-0.2, -0.15) is 0 Å². The van der Waals surface area contributed by atoms with Crippen LogP contribution in [0.5, 0.6) is 0 Å². The standard InChI is InChI=1S/C19H19N3O2S/c1-4-22(13(3)23)19-21-14(11-25-19)9-10-17(24)18-12(2)20-16-8-6-5-7-15(16)18/h5-11,20H,4H2,1-3H3/b10-9+. The van der Waals surface area contributed by atoms with E-state index in [9.17, 15) is 9.59 Å². The number of fused-ring (bicyclic) bond motifs is 1. The number of carbonyl (C=O) groups is 2. The first-order valence-electron chi connectivity index (χ1n) is 8.04. The number of hydrogen-bond donors (Lipinski definition) is 1. The molecule has 0 aliphatic rings. The Labute approximate surface area is 150 Å². The molecule has 0 radical (unpaired) electrons. The van der Waals surface area contributed by atoms with Crippen molar-refractivity contribution >= 4 is 45.1 Å². The maximum Gasteiger partial charge on any atom is 0.225 e. The Hall–Kier alpha value is -2.73. The maximum absolute atomic E-state index is 12.6. The molecule has 0 atom stereocenters. The molecule has 0 saturated heterocycles. The van der Waals surface area contributed by atoms with E-state index in [0.717, 1.165) is 16.6 Å². The number of aryl methyl sites for hydroxylation is 1. The van der Waals surface area contributed by atoms with E-state index in [-0.39, 0.29) is 11.7 Å². The second-order valence-electron chi connectivity index (χ2n) is 5.69. The van der Waals surface area contributed by atoms with Crippen LogP contribution in [-0.2, 0) is 4.79 Å². The largest absolute Gasteiger partial charge is 0.358 e. The lowest BCUT2D eigenvalue weighted by atomic mass is 10.1. The predicted octanol–water partition coefficient (Wildman–Crippen LogP) is 4.20. The molecule has 128 valence electrons. The molecule has 2 heterocycles. The van der Waals surface area contributed by atoms with Crippen LogP contribution in [0.25, 0.3) is 17.0 Å². The highest BCUT2D eigenvalue weighted by Crippen LogP contribution is 2.24. The van der Waals surface area contributed by atoms with Crippen LogP contribution in [0.1, 0.15) is 35.6 Å². The topological polar surface area (TPSA) is 66.1 Å². The first-order chi connectivity index (χ1) is 12.0. The number of benzene rings is 1. The fourth-order valence-electron chi connectivity index (χ4n) is 2.81. The molecule has 1 aromatic carbocycles. The zero-order valence-corrected chi connectivity index (χ0v) is 15.2. The number of carbonyl (C=O) groups excluding carboxylic acids is 2. The highest BCUT2D eigenvalue weighted by Gasteiger charge is 2.15. The lowest BCUT2D eigenvalue weighted by Crippen LogP contribution is -2.27. The Morgan fingerprint density at radius 3 is 2.80 bits per heavy atom. The summed E-state index contributed by atoms with van der Waals surface area (Å²) in [7, 11) is 0. The van der Waals surface area contributed by atoms with Gasteiger partial charge in [-0.25, -0.2) is 4.98 Å². The third-order valence-electron chi connectivity index (χ3n) is 3.98. The monoisotopic (exact) mass is 353 g/mol. The van der Waals surface area contributed by atoms with Crippen LogP contribution in [0, 0.1) is 6.92 Å². The summed E-state index contributed by atoms with van der Waals surface area (Å²) in [5, 5.41) is 3.40. The third kappa shape index (κ3) is 3.39. The molecule has 6 heteroatoms. The number of ketones is 1. The molecule has 0 aliphatic carbocycles. The number of para-hydroxylation sites is 1. The number of H-pyrrole nitrogens is 1. The number of aromatic nitrogens is 2. The van der Waals surface area contributed by atoms with Crippen LogP contribution in [0.4, 0.5) is 5.13 Å². The van der Waals surface area contributed by atoms with Gasteiger partial charge in [-0.05, 0) is 32.1 Å². The van der Waals surface area contributed by atoms with Gasteiger partial charge in [0.1, 0.15) is 0 Å². The molecule has 0 unspecified atom stereocenters. The second kappa shape index (κ2) is 7.03. The summed E-state index contributed by atoms with van der Waals surface area (Å²) in [5.41, 5.74) is 3.16. The minimum absolute atomic E-state index is 0.0436. The Balaban J connectivity index is 1.84. The minimum atomic E-state index is -0.0663. The van der Waals surface area contributed by atoms with Crippen molar-refractivity contribution in [3.05, 3.63) is 52.7 Å². The summed E-state index contributed by atoms with van der Waals surface area (Å²) in [5.74, 6) is -0.110.